The maximum Gasteiger partial charge on any atom is 0.246 e. The monoisotopic (exact) mass is 390 g/mol. The van der Waals surface area contributed by atoms with Gasteiger partial charge in [0.1, 0.15) is 10.6 Å². The van der Waals surface area contributed by atoms with Gasteiger partial charge in [-0.3, -0.25) is 0 Å². The van der Waals surface area contributed by atoms with E-state index in [1.807, 2.05) is 31.2 Å². The molecule has 2 aromatic carbocycles. The molecule has 2 heterocycles. The first kappa shape index (κ1) is 17.9. The summed E-state index contributed by atoms with van der Waals surface area (Å²) in [5.41, 5.74) is 1.89. The number of nitrogens with zero attached hydrogens (tertiary/aromatic N) is 2. The van der Waals surface area contributed by atoms with Gasteiger partial charge in [-0.25, -0.2) is 8.42 Å². The van der Waals surface area contributed by atoms with Crippen molar-refractivity contribution in [3.8, 4) is 17.2 Å². The number of piperazine rings is 1. The number of aryl methyl sites for hydroxylation is 1. The molecule has 0 unspecified atom stereocenters. The lowest BCUT2D eigenvalue weighted by Crippen LogP contribution is -2.48. The van der Waals surface area contributed by atoms with Gasteiger partial charge in [-0.05, 0) is 36.8 Å². The van der Waals surface area contributed by atoms with E-state index in [2.05, 4.69) is 4.90 Å². The zero-order valence-electron chi connectivity index (χ0n) is 15.3. The van der Waals surface area contributed by atoms with Gasteiger partial charge >= 0.3 is 0 Å². The second-order valence-electron chi connectivity index (χ2n) is 6.58. The normalized spacial score (nSPS) is 17.2. The summed E-state index contributed by atoms with van der Waals surface area (Å²) in [6.45, 7) is 4.14. The molecule has 0 N–H and O–H groups in total. The Kier molecular flexibility index (Phi) is 4.61. The Labute approximate surface area is 159 Å². The van der Waals surface area contributed by atoms with Crippen LogP contribution in [0.3, 0.4) is 0 Å². The lowest BCUT2D eigenvalue weighted by Gasteiger charge is -2.35. The molecular formula is C19H22N2O5S. The maximum absolute atomic E-state index is 13.1. The van der Waals surface area contributed by atoms with Gasteiger partial charge in [0.05, 0.1) is 7.11 Å². The summed E-state index contributed by atoms with van der Waals surface area (Å²) < 4.78 is 43.8. The Morgan fingerprint density at radius 2 is 1.70 bits per heavy atom. The maximum atomic E-state index is 13.1. The molecule has 0 radical (unpaired) electrons. The van der Waals surface area contributed by atoms with E-state index < -0.39 is 10.0 Å². The topological polar surface area (TPSA) is 68.3 Å². The summed E-state index contributed by atoms with van der Waals surface area (Å²) in [4.78, 5) is 2.38. The number of rotatable bonds is 4. The number of fused-ring (bicyclic) bond motifs is 1. The van der Waals surface area contributed by atoms with Crippen molar-refractivity contribution in [2.75, 3.05) is 45.0 Å². The van der Waals surface area contributed by atoms with E-state index in [0.717, 1.165) is 22.7 Å². The van der Waals surface area contributed by atoms with Crippen molar-refractivity contribution in [1.82, 2.24) is 4.31 Å². The van der Waals surface area contributed by atoms with Crippen molar-refractivity contribution in [3.05, 3.63) is 42.0 Å². The van der Waals surface area contributed by atoms with E-state index in [0.29, 0.717) is 31.9 Å². The Hall–Kier alpha value is -2.45. The number of ether oxygens (including phenoxy) is 3. The van der Waals surface area contributed by atoms with Gasteiger partial charge in [-0.15, -0.1) is 0 Å². The average Bonchev–Trinajstić information content (AvgIpc) is 3.16. The molecule has 4 rings (SSSR count). The highest BCUT2D eigenvalue weighted by molar-refractivity contribution is 7.89. The van der Waals surface area contributed by atoms with Crippen LogP contribution in [0.15, 0.2) is 41.3 Å². The highest BCUT2D eigenvalue weighted by Crippen LogP contribution is 2.36. The third kappa shape index (κ3) is 3.30. The van der Waals surface area contributed by atoms with Gasteiger partial charge in [0.25, 0.3) is 0 Å². The van der Waals surface area contributed by atoms with E-state index in [1.165, 1.54) is 11.4 Å². The zero-order valence-corrected chi connectivity index (χ0v) is 16.2. The van der Waals surface area contributed by atoms with E-state index in [-0.39, 0.29) is 11.7 Å². The highest BCUT2D eigenvalue weighted by atomic mass is 32.2. The first-order valence-electron chi connectivity index (χ1n) is 8.78. The van der Waals surface area contributed by atoms with Crippen molar-refractivity contribution in [1.29, 1.82) is 0 Å². The van der Waals surface area contributed by atoms with Gasteiger partial charge in [0.15, 0.2) is 11.5 Å². The van der Waals surface area contributed by atoms with Gasteiger partial charge in [0.2, 0.25) is 16.8 Å². The molecule has 0 aliphatic carbocycles. The molecule has 1 saturated heterocycles. The molecule has 0 amide bonds. The summed E-state index contributed by atoms with van der Waals surface area (Å²) in [6, 6.07) is 11.0. The fourth-order valence-electron chi connectivity index (χ4n) is 3.39. The van der Waals surface area contributed by atoms with Crippen LogP contribution in [0.4, 0.5) is 5.69 Å². The van der Waals surface area contributed by atoms with Crippen LogP contribution >= 0.6 is 0 Å². The van der Waals surface area contributed by atoms with E-state index >= 15 is 0 Å². The number of hydrogen-bond donors (Lipinski definition) is 0. The standard InChI is InChI=1S/C19H22N2O5S/c1-14-3-5-17(24-2)19(11-14)27(22,23)21-9-7-20(8-10-21)15-4-6-16-18(12-15)26-13-25-16/h3-6,11-12H,7-10,13H2,1-2H3. The first-order valence-corrected chi connectivity index (χ1v) is 10.2. The summed E-state index contributed by atoms with van der Waals surface area (Å²) >= 11 is 0. The molecule has 8 heteroatoms. The minimum Gasteiger partial charge on any atom is -0.495 e. The average molecular weight is 390 g/mol. The van der Waals surface area contributed by atoms with Gasteiger partial charge in [-0.1, -0.05) is 6.07 Å². The second-order valence-corrected chi connectivity index (χ2v) is 8.49. The largest absolute Gasteiger partial charge is 0.495 e. The molecule has 27 heavy (non-hydrogen) atoms. The summed E-state index contributed by atoms with van der Waals surface area (Å²) in [5, 5.41) is 0. The predicted molar refractivity (Wildman–Crippen MR) is 101 cm³/mol. The Balaban J connectivity index is 1.51. The molecule has 0 bridgehead atoms. The van der Waals surface area contributed by atoms with Crippen LogP contribution in [0.5, 0.6) is 17.2 Å². The number of hydrogen-bond acceptors (Lipinski definition) is 6. The smallest absolute Gasteiger partial charge is 0.246 e. The summed E-state index contributed by atoms with van der Waals surface area (Å²) in [7, 11) is -2.12. The van der Waals surface area contributed by atoms with Crippen LogP contribution in [0, 0.1) is 6.92 Å². The third-order valence-corrected chi connectivity index (χ3v) is 6.82. The van der Waals surface area contributed by atoms with Crippen molar-refractivity contribution >= 4 is 15.7 Å². The Morgan fingerprint density at radius 3 is 2.44 bits per heavy atom. The molecule has 0 saturated carbocycles. The number of benzene rings is 2. The zero-order chi connectivity index (χ0) is 19.0. The Morgan fingerprint density at radius 1 is 0.963 bits per heavy atom. The number of sulfonamides is 1. The molecule has 144 valence electrons. The predicted octanol–water partition coefficient (Wildman–Crippen LogP) is 2.24. The van der Waals surface area contributed by atoms with Crippen LogP contribution < -0.4 is 19.1 Å². The Bertz CT molecular complexity index is 953. The first-order chi connectivity index (χ1) is 13.0. The third-order valence-electron chi connectivity index (χ3n) is 4.90. The number of anilines is 1. The van der Waals surface area contributed by atoms with Gasteiger partial charge < -0.3 is 19.1 Å². The second kappa shape index (κ2) is 6.94. The van der Waals surface area contributed by atoms with Crippen molar-refractivity contribution in [2.24, 2.45) is 0 Å². The molecular weight excluding hydrogens is 368 g/mol. The van der Waals surface area contributed by atoms with Crippen LogP contribution in [-0.2, 0) is 10.0 Å². The van der Waals surface area contributed by atoms with Crippen LogP contribution in [0.1, 0.15) is 5.56 Å². The molecule has 0 spiro atoms. The van der Waals surface area contributed by atoms with E-state index in [4.69, 9.17) is 14.2 Å². The molecule has 2 aromatic rings. The van der Waals surface area contributed by atoms with Crippen LogP contribution in [0.25, 0.3) is 0 Å². The lowest BCUT2D eigenvalue weighted by molar-refractivity contribution is 0.174. The van der Waals surface area contributed by atoms with E-state index in [9.17, 15) is 8.42 Å². The van der Waals surface area contributed by atoms with Crippen molar-refractivity contribution in [2.45, 2.75) is 11.8 Å². The molecule has 2 aliphatic rings. The fourth-order valence-corrected chi connectivity index (χ4v) is 5.06. The minimum absolute atomic E-state index is 0.224. The molecule has 2 aliphatic heterocycles. The lowest BCUT2D eigenvalue weighted by atomic mass is 10.2. The van der Waals surface area contributed by atoms with Gasteiger partial charge in [0, 0.05) is 37.9 Å². The van der Waals surface area contributed by atoms with E-state index in [1.54, 1.807) is 12.1 Å². The minimum atomic E-state index is -3.61. The SMILES string of the molecule is COc1ccc(C)cc1S(=O)(=O)N1CCN(c2ccc3c(c2)OCO3)CC1. The highest BCUT2D eigenvalue weighted by Gasteiger charge is 2.31. The molecule has 0 atom stereocenters. The molecule has 7 nitrogen and oxygen atoms in total. The van der Waals surface area contributed by atoms with Crippen molar-refractivity contribution < 1.29 is 22.6 Å². The van der Waals surface area contributed by atoms with Crippen LogP contribution in [0.2, 0.25) is 0 Å². The van der Waals surface area contributed by atoms with Crippen LogP contribution in [-0.4, -0.2) is 52.8 Å². The molecule has 1 fully saturated rings. The quantitative estimate of drug-likeness (QED) is 0.798. The van der Waals surface area contributed by atoms with Crippen molar-refractivity contribution in [3.63, 3.8) is 0 Å². The summed E-state index contributed by atoms with van der Waals surface area (Å²) in [6.07, 6.45) is 0. The molecule has 0 aromatic heterocycles. The van der Waals surface area contributed by atoms with Gasteiger partial charge in [-0.2, -0.15) is 4.31 Å². The summed E-state index contributed by atoms with van der Waals surface area (Å²) in [5.74, 6) is 1.84. The fraction of sp³-hybridized carbons (Fsp3) is 0.368. The number of methoxy groups -OCH3 is 1.